The number of halogens is 2. The normalized spacial score (nSPS) is 9.82. The van der Waals surface area contributed by atoms with Crippen molar-refractivity contribution in [3.8, 4) is 5.75 Å². The van der Waals surface area contributed by atoms with Crippen LogP contribution in [0.1, 0.15) is 5.56 Å². The highest BCUT2D eigenvalue weighted by molar-refractivity contribution is 14.1. The molecule has 0 saturated carbocycles. The summed E-state index contributed by atoms with van der Waals surface area (Å²) < 4.78 is 6.23. The smallest absolute Gasteiger partial charge is 0.140 e. The summed E-state index contributed by atoms with van der Waals surface area (Å²) in [4.78, 5) is 0. The highest BCUT2D eigenvalue weighted by Gasteiger charge is 2.04. The molecule has 1 aromatic carbocycles. The van der Waals surface area contributed by atoms with E-state index in [1.807, 2.05) is 19.1 Å². The average Bonchev–Trinajstić information content (AvgIpc) is 1.85. The minimum absolute atomic E-state index is 0.678. The molecular weight excluding hydrogens is 274 g/mol. The van der Waals surface area contributed by atoms with Gasteiger partial charge in [0.1, 0.15) is 5.75 Å². The Hall–Kier alpha value is 0.0400. The zero-order chi connectivity index (χ0) is 8.43. The molecule has 0 aromatic heterocycles. The van der Waals surface area contributed by atoms with Gasteiger partial charge in [0.15, 0.2) is 0 Å². The van der Waals surface area contributed by atoms with Crippen LogP contribution in [-0.4, -0.2) is 7.11 Å². The van der Waals surface area contributed by atoms with Gasteiger partial charge in [0, 0.05) is 3.57 Å². The summed E-state index contributed by atoms with van der Waals surface area (Å²) in [6, 6.07) is 3.92. The van der Waals surface area contributed by atoms with Gasteiger partial charge in [-0.25, -0.2) is 0 Å². The number of hydrogen-bond acceptors (Lipinski definition) is 1. The van der Waals surface area contributed by atoms with Gasteiger partial charge < -0.3 is 4.74 Å². The SMILES string of the molecule is COc1c(C)cc(I)cc1Cl. The molecule has 0 saturated heterocycles. The Morgan fingerprint density at radius 2 is 2.09 bits per heavy atom. The first-order chi connectivity index (χ1) is 5.15. The van der Waals surface area contributed by atoms with Crippen LogP contribution in [0.2, 0.25) is 5.02 Å². The molecule has 3 heteroatoms. The first kappa shape index (κ1) is 9.13. The minimum atomic E-state index is 0.678. The van der Waals surface area contributed by atoms with Crippen LogP contribution in [0.5, 0.6) is 5.75 Å². The first-order valence-corrected chi connectivity index (χ1v) is 4.60. The standard InChI is InChI=1S/C8H8ClIO/c1-5-3-6(10)4-7(9)8(5)11-2/h3-4H,1-2H3. The maximum Gasteiger partial charge on any atom is 0.140 e. The Morgan fingerprint density at radius 1 is 1.45 bits per heavy atom. The van der Waals surface area contributed by atoms with Crippen molar-refractivity contribution in [2.45, 2.75) is 6.92 Å². The lowest BCUT2D eigenvalue weighted by Gasteiger charge is -2.06. The summed E-state index contributed by atoms with van der Waals surface area (Å²) >= 11 is 8.13. The van der Waals surface area contributed by atoms with Gasteiger partial charge in [-0.3, -0.25) is 0 Å². The van der Waals surface area contributed by atoms with Crippen molar-refractivity contribution >= 4 is 34.2 Å². The molecule has 0 aliphatic rings. The summed E-state index contributed by atoms with van der Waals surface area (Å²) in [5.41, 5.74) is 1.07. The molecule has 0 spiro atoms. The number of hydrogen-bond donors (Lipinski definition) is 0. The fourth-order valence-electron chi connectivity index (χ4n) is 0.948. The van der Waals surface area contributed by atoms with Gasteiger partial charge in [-0.1, -0.05) is 11.6 Å². The monoisotopic (exact) mass is 282 g/mol. The molecule has 1 nitrogen and oxygen atoms in total. The summed E-state index contributed by atoms with van der Waals surface area (Å²) in [7, 11) is 1.63. The van der Waals surface area contributed by atoms with Gasteiger partial charge in [-0.2, -0.15) is 0 Å². The number of aryl methyl sites for hydroxylation is 1. The number of methoxy groups -OCH3 is 1. The number of benzene rings is 1. The van der Waals surface area contributed by atoms with E-state index >= 15 is 0 Å². The predicted molar refractivity (Wildman–Crippen MR) is 55.5 cm³/mol. The van der Waals surface area contributed by atoms with Crippen LogP contribution in [0.15, 0.2) is 12.1 Å². The second-order valence-electron chi connectivity index (χ2n) is 2.24. The van der Waals surface area contributed by atoms with Crippen molar-refractivity contribution in [2.24, 2.45) is 0 Å². The van der Waals surface area contributed by atoms with Gasteiger partial charge in [-0.15, -0.1) is 0 Å². The van der Waals surface area contributed by atoms with E-state index in [4.69, 9.17) is 16.3 Å². The average molecular weight is 283 g/mol. The zero-order valence-electron chi connectivity index (χ0n) is 6.32. The van der Waals surface area contributed by atoms with E-state index in [-0.39, 0.29) is 0 Å². The molecule has 1 rings (SSSR count). The number of ether oxygens (including phenoxy) is 1. The van der Waals surface area contributed by atoms with Crippen molar-refractivity contribution in [3.05, 3.63) is 26.3 Å². The molecule has 1 aromatic rings. The summed E-state index contributed by atoms with van der Waals surface area (Å²) in [6.45, 7) is 1.98. The van der Waals surface area contributed by atoms with Crippen molar-refractivity contribution in [2.75, 3.05) is 7.11 Å². The van der Waals surface area contributed by atoms with E-state index in [0.717, 1.165) is 14.9 Å². The molecule has 0 atom stereocenters. The molecule has 0 amide bonds. The molecule has 60 valence electrons. The molecule has 0 fully saturated rings. The molecule has 0 aliphatic carbocycles. The number of rotatable bonds is 1. The van der Waals surface area contributed by atoms with E-state index in [0.29, 0.717) is 5.02 Å². The molecule has 0 bridgehead atoms. The maximum atomic E-state index is 5.91. The molecule has 0 heterocycles. The topological polar surface area (TPSA) is 9.23 Å². The van der Waals surface area contributed by atoms with Crippen LogP contribution in [0.4, 0.5) is 0 Å². The third-order valence-electron chi connectivity index (χ3n) is 1.40. The van der Waals surface area contributed by atoms with Crippen LogP contribution >= 0.6 is 34.2 Å². The minimum Gasteiger partial charge on any atom is -0.495 e. The fourth-order valence-corrected chi connectivity index (χ4v) is 2.25. The summed E-state index contributed by atoms with van der Waals surface area (Å²) in [6.07, 6.45) is 0. The van der Waals surface area contributed by atoms with Gasteiger partial charge >= 0.3 is 0 Å². The quantitative estimate of drug-likeness (QED) is 0.718. The molecule has 11 heavy (non-hydrogen) atoms. The third-order valence-corrected chi connectivity index (χ3v) is 2.30. The van der Waals surface area contributed by atoms with Crippen molar-refractivity contribution in [3.63, 3.8) is 0 Å². The Balaban J connectivity index is 3.25. The highest BCUT2D eigenvalue weighted by atomic mass is 127. The summed E-state index contributed by atoms with van der Waals surface area (Å²) in [5.74, 6) is 0.770. The van der Waals surface area contributed by atoms with Crippen LogP contribution in [0, 0.1) is 10.5 Å². The van der Waals surface area contributed by atoms with E-state index in [9.17, 15) is 0 Å². The first-order valence-electron chi connectivity index (χ1n) is 3.15. The van der Waals surface area contributed by atoms with Crippen molar-refractivity contribution in [1.29, 1.82) is 0 Å². The van der Waals surface area contributed by atoms with E-state index < -0.39 is 0 Å². The van der Waals surface area contributed by atoms with Crippen molar-refractivity contribution in [1.82, 2.24) is 0 Å². The maximum absolute atomic E-state index is 5.91. The largest absolute Gasteiger partial charge is 0.495 e. The van der Waals surface area contributed by atoms with Gasteiger partial charge in [0.2, 0.25) is 0 Å². The molecule has 0 unspecified atom stereocenters. The fraction of sp³-hybridized carbons (Fsp3) is 0.250. The van der Waals surface area contributed by atoms with Gasteiger partial charge in [0.05, 0.1) is 12.1 Å². The van der Waals surface area contributed by atoms with Crippen LogP contribution < -0.4 is 4.74 Å². The van der Waals surface area contributed by atoms with Gasteiger partial charge in [-0.05, 0) is 47.2 Å². The van der Waals surface area contributed by atoms with Crippen LogP contribution in [0.25, 0.3) is 0 Å². The molecular formula is C8H8ClIO. The molecule has 0 aliphatic heterocycles. The lowest BCUT2D eigenvalue weighted by atomic mass is 10.2. The Bertz CT molecular complexity index is 250. The zero-order valence-corrected chi connectivity index (χ0v) is 9.23. The van der Waals surface area contributed by atoms with Crippen LogP contribution in [0.3, 0.4) is 0 Å². The van der Waals surface area contributed by atoms with Crippen molar-refractivity contribution < 1.29 is 4.74 Å². The third kappa shape index (κ3) is 1.99. The van der Waals surface area contributed by atoms with E-state index in [1.165, 1.54) is 0 Å². The molecule has 0 radical (unpaired) electrons. The molecule has 0 N–H and O–H groups in total. The second-order valence-corrected chi connectivity index (χ2v) is 3.89. The van der Waals surface area contributed by atoms with E-state index in [1.54, 1.807) is 7.11 Å². The Morgan fingerprint density at radius 3 is 2.55 bits per heavy atom. The lowest BCUT2D eigenvalue weighted by Crippen LogP contribution is -1.88. The predicted octanol–water partition coefficient (Wildman–Crippen LogP) is 3.26. The second kappa shape index (κ2) is 3.63. The highest BCUT2D eigenvalue weighted by Crippen LogP contribution is 2.29. The van der Waals surface area contributed by atoms with Crippen LogP contribution in [-0.2, 0) is 0 Å². The Labute approximate surface area is 84.8 Å². The van der Waals surface area contributed by atoms with E-state index in [2.05, 4.69) is 22.6 Å². The lowest BCUT2D eigenvalue weighted by molar-refractivity contribution is 0.412. The summed E-state index contributed by atoms with van der Waals surface area (Å²) in [5, 5.41) is 0.678. The Kier molecular flexibility index (Phi) is 3.01. The van der Waals surface area contributed by atoms with Gasteiger partial charge in [0.25, 0.3) is 0 Å².